The second-order valence-electron chi connectivity index (χ2n) is 5.99. The molecule has 0 aliphatic heterocycles. The molecule has 1 heterocycles. The Morgan fingerprint density at radius 2 is 2.05 bits per heavy atom. The molecular weight excluding hydrogens is 254 g/mol. The third-order valence-electron chi connectivity index (χ3n) is 4.37. The highest BCUT2D eigenvalue weighted by atomic mass is 32.1. The van der Waals surface area contributed by atoms with Gasteiger partial charge in [-0.2, -0.15) is 0 Å². The van der Waals surface area contributed by atoms with E-state index in [1.165, 1.54) is 30.6 Å². The third kappa shape index (κ3) is 3.46. The van der Waals surface area contributed by atoms with Gasteiger partial charge < -0.3 is 0 Å². The van der Waals surface area contributed by atoms with Gasteiger partial charge in [-0.25, -0.2) is 0 Å². The number of Topliss-reactive ketones (excluding diaryl/α,β-unsaturated/α-hetero) is 1. The minimum absolute atomic E-state index is 0.280. The second kappa shape index (κ2) is 6.19. The molecule has 1 aromatic rings. The zero-order valence-corrected chi connectivity index (χ0v) is 13.3. The number of thiophene rings is 1. The standard InChI is InChI=1S/C16H25NOS/c1-11-7-5-6-8-15(11)17(4)10-16(18)14-9-12(2)19-13(14)3/h9,11,15H,5-8,10H2,1-4H3. The van der Waals surface area contributed by atoms with Crippen molar-refractivity contribution in [3.63, 3.8) is 0 Å². The number of nitrogens with zero attached hydrogens (tertiary/aromatic N) is 1. The lowest BCUT2D eigenvalue weighted by Gasteiger charge is -2.35. The lowest BCUT2D eigenvalue weighted by molar-refractivity contribution is 0.0851. The van der Waals surface area contributed by atoms with Gasteiger partial charge in [0.2, 0.25) is 0 Å². The highest BCUT2D eigenvalue weighted by Gasteiger charge is 2.26. The van der Waals surface area contributed by atoms with Gasteiger partial charge in [0.15, 0.2) is 5.78 Å². The number of likely N-dealkylation sites (N-methyl/N-ethyl adjacent to an activating group) is 1. The average molecular weight is 279 g/mol. The van der Waals surface area contributed by atoms with Gasteiger partial charge in [0, 0.05) is 21.4 Å². The van der Waals surface area contributed by atoms with Crippen molar-refractivity contribution in [3.05, 3.63) is 21.4 Å². The normalized spacial score (nSPS) is 23.8. The number of ketones is 1. The Balaban J connectivity index is 2.00. The molecule has 1 aliphatic carbocycles. The summed E-state index contributed by atoms with van der Waals surface area (Å²) in [7, 11) is 2.11. The Bertz CT molecular complexity index is 452. The van der Waals surface area contributed by atoms with Crippen molar-refractivity contribution in [2.45, 2.75) is 52.5 Å². The molecule has 2 nitrogen and oxygen atoms in total. The van der Waals surface area contributed by atoms with Gasteiger partial charge in [0.25, 0.3) is 0 Å². The first-order valence-electron chi connectivity index (χ1n) is 7.29. The summed E-state index contributed by atoms with van der Waals surface area (Å²) < 4.78 is 0. The predicted molar refractivity (Wildman–Crippen MR) is 82.2 cm³/mol. The largest absolute Gasteiger partial charge is 0.296 e. The number of aryl methyl sites for hydroxylation is 2. The highest BCUT2D eigenvalue weighted by molar-refractivity contribution is 7.12. The van der Waals surface area contributed by atoms with Crippen LogP contribution in [-0.4, -0.2) is 30.3 Å². The molecule has 0 radical (unpaired) electrons. The van der Waals surface area contributed by atoms with E-state index in [1.807, 2.05) is 13.0 Å². The van der Waals surface area contributed by atoms with Crippen LogP contribution < -0.4 is 0 Å². The van der Waals surface area contributed by atoms with E-state index in [0.717, 1.165) is 16.4 Å². The number of carbonyl (C=O) groups excluding carboxylic acids is 1. The van der Waals surface area contributed by atoms with Crippen LogP contribution in [-0.2, 0) is 0 Å². The minimum atomic E-state index is 0.280. The lowest BCUT2D eigenvalue weighted by Crippen LogP contribution is -2.41. The summed E-state index contributed by atoms with van der Waals surface area (Å²) >= 11 is 1.72. The van der Waals surface area contributed by atoms with Gasteiger partial charge in [0.1, 0.15) is 0 Å². The molecule has 0 aromatic carbocycles. The molecule has 1 saturated carbocycles. The van der Waals surface area contributed by atoms with E-state index < -0.39 is 0 Å². The topological polar surface area (TPSA) is 20.3 Å². The van der Waals surface area contributed by atoms with Gasteiger partial charge in [-0.1, -0.05) is 19.8 Å². The Morgan fingerprint density at radius 1 is 1.37 bits per heavy atom. The molecule has 0 bridgehead atoms. The zero-order chi connectivity index (χ0) is 14.0. The predicted octanol–water partition coefficient (Wildman–Crippen LogP) is 4.06. The summed E-state index contributed by atoms with van der Waals surface area (Å²) in [6.45, 7) is 7.01. The number of carbonyl (C=O) groups is 1. The minimum Gasteiger partial charge on any atom is -0.296 e. The van der Waals surface area contributed by atoms with Crippen molar-refractivity contribution in [3.8, 4) is 0 Å². The van der Waals surface area contributed by atoms with E-state index in [9.17, 15) is 4.79 Å². The second-order valence-corrected chi connectivity index (χ2v) is 7.45. The molecule has 2 rings (SSSR count). The molecule has 0 amide bonds. The van der Waals surface area contributed by atoms with Crippen molar-refractivity contribution >= 4 is 17.1 Å². The summed E-state index contributed by atoms with van der Waals surface area (Å²) in [5.41, 5.74) is 0.929. The van der Waals surface area contributed by atoms with Crippen molar-refractivity contribution in [2.24, 2.45) is 5.92 Å². The molecule has 0 saturated heterocycles. The van der Waals surface area contributed by atoms with Crippen molar-refractivity contribution in [1.82, 2.24) is 4.90 Å². The van der Waals surface area contributed by atoms with E-state index >= 15 is 0 Å². The zero-order valence-electron chi connectivity index (χ0n) is 12.5. The molecule has 1 aromatic heterocycles. The van der Waals surface area contributed by atoms with Crippen LogP contribution in [0.15, 0.2) is 6.07 Å². The summed E-state index contributed by atoms with van der Waals surface area (Å²) in [6, 6.07) is 2.62. The van der Waals surface area contributed by atoms with Crippen LogP contribution in [0.4, 0.5) is 0 Å². The van der Waals surface area contributed by atoms with E-state index in [1.54, 1.807) is 11.3 Å². The lowest BCUT2D eigenvalue weighted by atomic mass is 9.85. The molecule has 0 N–H and O–H groups in total. The molecule has 106 valence electrons. The van der Waals surface area contributed by atoms with Crippen LogP contribution in [0, 0.1) is 19.8 Å². The summed E-state index contributed by atoms with van der Waals surface area (Å²) in [6.07, 6.45) is 5.21. The maximum absolute atomic E-state index is 12.4. The van der Waals surface area contributed by atoms with Gasteiger partial charge in [-0.3, -0.25) is 9.69 Å². The molecule has 3 heteroatoms. The number of hydrogen-bond donors (Lipinski definition) is 0. The maximum Gasteiger partial charge on any atom is 0.177 e. The van der Waals surface area contributed by atoms with Crippen LogP contribution in [0.1, 0.15) is 52.7 Å². The fourth-order valence-electron chi connectivity index (χ4n) is 3.29. The van der Waals surface area contributed by atoms with Gasteiger partial charge >= 0.3 is 0 Å². The third-order valence-corrected chi connectivity index (χ3v) is 5.33. The summed E-state index contributed by atoms with van der Waals surface area (Å²) in [4.78, 5) is 17.1. The smallest absolute Gasteiger partial charge is 0.177 e. The van der Waals surface area contributed by atoms with E-state index in [4.69, 9.17) is 0 Å². The molecule has 2 atom stereocenters. The first-order chi connectivity index (χ1) is 8.99. The molecule has 1 aliphatic rings. The first kappa shape index (κ1) is 14.7. The Morgan fingerprint density at radius 3 is 2.63 bits per heavy atom. The van der Waals surface area contributed by atoms with Crippen molar-refractivity contribution in [2.75, 3.05) is 13.6 Å². The van der Waals surface area contributed by atoms with E-state index in [0.29, 0.717) is 12.6 Å². The summed E-state index contributed by atoms with van der Waals surface area (Å²) in [5.74, 6) is 0.999. The maximum atomic E-state index is 12.4. The van der Waals surface area contributed by atoms with Crippen LogP contribution >= 0.6 is 11.3 Å². The van der Waals surface area contributed by atoms with E-state index in [2.05, 4.69) is 25.8 Å². The van der Waals surface area contributed by atoms with Gasteiger partial charge in [-0.05, 0) is 45.7 Å². The van der Waals surface area contributed by atoms with Crippen LogP contribution in [0.3, 0.4) is 0 Å². The molecule has 1 fully saturated rings. The van der Waals surface area contributed by atoms with E-state index in [-0.39, 0.29) is 5.78 Å². The quantitative estimate of drug-likeness (QED) is 0.775. The molecule has 2 unspecified atom stereocenters. The number of rotatable bonds is 4. The molecule has 19 heavy (non-hydrogen) atoms. The van der Waals surface area contributed by atoms with Crippen molar-refractivity contribution in [1.29, 1.82) is 0 Å². The van der Waals surface area contributed by atoms with Crippen molar-refractivity contribution < 1.29 is 4.79 Å². The Labute approximate surface area is 120 Å². The van der Waals surface area contributed by atoms with Crippen LogP contribution in [0.25, 0.3) is 0 Å². The SMILES string of the molecule is Cc1cc(C(=O)CN(C)C2CCCCC2C)c(C)s1. The Kier molecular flexibility index (Phi) is 4.80. The summed E-state index contributed by atoms with van der Waals surface area (Å²) in [5, 5.41) is 0. The fraction of sp³-hybridized carbons (Fsp3) is 0.688. The fourth-order valence-corrected chi connectivity index (χ4v) is 4.23. The Hall–Kier alpha value is -0.670. The molecular formula is C16H25NOS. The number of hydrogen-bond acceptors (Lipinski definition) is 3. The van der Waals surface area contributed by atoms with Crippen LogP contribution in [0.2, 0.25) is 0 Å². The highest BCUT2D eigenvalue weighted by Crippen LogP contribution is 2.28. The van der Waals surface area contributed by atoms with Crippen LogP contribution in [0.5, 0.6) is 0 Å². The van der Waals surface area contributed by atoms with Gasteiger partial charge in [-0.15, -0.1) is 11.3 Å². The monoisotopic (exact) mass is 279 g/mol. The molecule has 0 spiro atoms. The first-order valence-corrected chi connectivity index (χ1v) is 8.11. The van der Waals surface area contributed by atoms with Gasteiger partial charge in [0.05, 0.1) is 6.54 Å². The average Bonchev–Trinajstić information content (AvgIpc) is 2.69.